The van der Waals surface area contributed by atoms with Crippen LogP contribution in [-0.2, 0) is 9.59 Å². The predicted molar refractivity (Wildman–Crippen MR) is 121 cm³/mol. The molecular weight excluding hydrogens is 410 g/mol. The zero-order valence-electron chi connectivity index (χ0n) is 18.9. The summed E-state index contributed by atoms with van der Waals surface area (Å²) in [5, 5.41) is 11.0. The third-order valence-corrected chi connectivity index (χ3v) is 5.17. The van der Waals surface area contributed by atoms with Crippen LogP contribution in [0.2, 0.25) is 0 Å². The molecule has 0 spiro atoms. The van der Waals surface area contributed by atoms with Crippen molar-refractivity contribution in [1.82, 2.24) is 14.8 Å². The Morgan fingerprint density at radius 1 is 1.06 bits per heavy atom. The van der Waals surface area contributed by atoms with Crippen molar-refractivity contribution < 1.29 is 24.2 Å². The first kappa shape index (κ1) is 23.3. The summed E-state index contributed by atoms with van der Waals surface area (Å²) in [6.45, 7) is 5.55. The molecule has 8 heteroatoms. The minimum Gasteiger partial charge on any atom is -0.507 e. The molecule has 1 aliphatic heterocycles. The van der Waals surface area contributed by atoms with Gasteiger partial charge in [0, 0.05) is 31.0 Å². The first-order valence-corrected chi connectivity index (χ1v) is 10.6. The van der Waals surface area contributed by atoms with E-state index in [1.54, 1.807) is 30.3 Å². The van der Waals surface area contributed by atoms with Crippen LogP contribution in [0.5, 0.6) is 11.5 Å². The van der Waals surface area contributed by atoms with Gasteiger partial charge in [-0.25, -0.2) is 0 Å². The maximum absolute atomic E-state index is 13.0. The Labute approximate surface area is 188 Å². The minimum atomic E-state index is -0.752. The number of carbonyl (C=O) groups excluding carboxylic acids is 2. The van der Waals surface area contributed by atoms with Crippen LogP contribution < -0.4 is 9.47 Å². The van der Waals surface area contributed by atoms with Gasteiger partial charge in [-0.2, -0.15) is 0 Å². The molecule has 1 saturated heterocycles. The second-order valence-electron chi connectivity index (χ2n) is 7.60. The van der Waals surface area contributed by atoms with Gasteiger partial charge in [0.05, 0.1) is 24.8 Å². The summed E-state index contributed by atoms with van der Waals surface area (Å²) >= 11 is 0. The van der Waals surface area contributed by atoms with E-state index in [1.165, 1.54) is 17.3 Å². The number of hydrogen-bond donors (Lipinski definition) is 1. The molecule has 1 atom stereocenters. The zero-order chi connectivity index (χ0) is 23.3. The number of ether oxygens (including phenoxy) is 2. The number of aromatic nitrogens is 1. The van der Waals surface area contributed by atoms with E-state index in [0.29, 0.717) is 48.9 Å². The number of ketones is 1. The van der Waals surface area contributed by atoms with Crippen LogP contribution >= 0.6 is 0 Å². The third-order valence-electron chi connectivity index (χ3n) is 5.17. The third kappa shape index (κ3) is 4.75. The first-order chi connectivity index (χ1) is 15.4. The van der Waals surface area contributed by atoms with E-state index >= 15 is 0 Å². The molecule has 0 saturated carbocycles. The van der Waals surface area contributed by atoms with E-state index < -0.39 is 17.7 Å². The number of likely N-dealkylation sites (tertiary alicyclic amines) is 1. The molecular formula is C24H29N3O5. The number of hydrogen-bond acceptors (Lipinski definition) is 7. The molecule has 170 valence electrons. The molecule has 1 aromatic heterocycles. The summed E-state index contributed by atoms with van der Waals surface area (Å²) in [5.74, 6) is -0.476. The van der Waals surface area contributed by atoms with Gasteiger partial charge in [0.2, 0.25) is 0 Å². The lowest BCUT2D eigenvalue weighted by molar-refractivity contribution is -0.140. The standard InChI is InChI=1S/C24H29N3O5/c1-5-31-18-8-7-17(15-19(18)32-6-2)21-20(22(28)16-9-11-25-12-10-16)23(29)24(30)27(21)14-13-26(3)4/h7-12,15,21,28H,5-6,13-14H2,1-4H3. The molecule has 2 aromatic rings. The van der Waals surface area contributed by atoms with Crippen LogP contribution in [-0.4, -0.2) is 72.0 Å². The Bertz CT molecular complexity index is 1000. The van der Waals surface area contributed by atoms with Gasteiger partial charge in [0.25, 0.3) is 11.7 Å². The van der Waals surface area contributed by atoms with Gasteiger partial charge in [-0.15, -0.1) is 0 Å². The number of pyridine rings is 1. The number of rotatable bonds is 9. The highest BCUT2D eigenvalue weighted by molar-refractivity contribution is 6.46. The predicted octanol–water partition coefficient (Wildman–Crippen LogP) is 2.86. The maximum Gasteiger partial charge on any atom is 0.295 e. The second-order valence-corrected chi connectivity index (χ2v) is 7.60. The summed E-state index contributed by atoms with van der Waals surface area (Å²) in [5.41, 5.74) is 1.13. The molecule has 8 nitrogen and oxygen atoms in total. The van der Waals surface area contributed by atoms with E-state index in [4.69, 9.17) is 9.47 Å². The summed E-state index contributed by atoms with van der Waals surface area (Å²) in [6, 6.07) is 7.79. The van der Waals surface area contributed by atoms with Crippen molar-refractivity contribution in [2.24, 2.45) is 0 Å². The molecule has 1 aliphatic rings. The molecule has 1 unspecified atom stereocenters. The highest BCUT2D eigenvalue weighted by Gasteiger charge is 2.46. The van der Waals surface area contributed by atoms with Gasteiger partial charge in [-0.3, -0.25) is 14.6 Å². The van der Waals surface area contributed by atoms with Crippen LogP contribution in [0.25, 0.3) is 5.76 Å². The van der Waals surface area contributed by atoms with Crippen molar-refractivity contribution in [2.45, 2.75) is 19.9 Å². The molecule has 0 bridgehead atoms. The number of amides is 1. The highest BCUT2D eigenvalue weighted by Crippen LogP contribution is 2.41. The molecule has 1 amide bonds. The molecule has 1 fully saturated rings. The lowest BCUT2D eigenvalue weighted by atomic mass is 9.95. The van der Waals surface area contributed by atoms with Crippen molar-refractivity contribution in [3.8, 4) is 11.5 Å². The molecule has 0 aliphatic carbocycles. The smallest absolute Gasteiger partial charge is 0.295 e. The zero-order valence-corrected chi connectivity index (χ0v) is 18.9. The summed E-state index contributed by atoms with van der Waals surface area (Å²) in [4.78, 5) is 33.4. The number of Topliss-reactive ketones (excluding diaryl/α,β-unsaturated/α-hetero) is 1. The summed E-state index contributed by atoms with van der Waals surface area (Å²) < 4.78 is 11.4. The number of likely N-dealkylation sites (N-methyl/N-ethyl adjacent to an activating group) is 1. The Balaban J connectivity index is 2.16. The maximum atomic E-state index is 13.0. The van der Waals surface area contributed by atoms with Crippen LogP contribution in [0, 0.1) is 0 Å². The molecule has 2 heterocycles. The number of benzene rings is 1. The Hall–Kier alpha value is -3.39. The van der Waals surface area contributed by atoms with Gasteiger partial charge in [0.1, 0.15) is 5.76 Å². The van der Waals surface area contributed by atoms with Crippen molar-refractivity contribution >= 4 is 17.4 Å². The number of carbonyl (C=O) groups is 2. The Morgan fingerprint density at radius 3 is 2.34 bits per heavy atom. The molecule has 1 N–H and O–H groups in total. The van der Waals surface area contributed by atoms with Crippen LogP contribution in [0.15, 0.2) is 48.3 Å². The van der Waals surface area contributed by atoms with Crippen LogP contribution in [0.4, 0.5) is 0 Å². The molecule has 0 radical (unpaired) electrons. The van der Waals surface area contributed by atoms with Gasteiger partial charge >= 0.3 is 0 Å². The van der Waals surface area contributed by atoms with E-state index in [9.17, 15) is 14.7 Å². The van der Waals surface area contributed by atoms with Crippen molar-refractivity contribution in [2.75, 3.05) is 40.4 Å². The van der Waals surface area contributed by atoms with Crippen LogP contribution in [0.3, 0.4) is 0 Å². The van der Waals surface area contributed by atoms with Crippen molar-refractivity contribution in [3.05, 3.63) is 59.4 Å². The fraction of sp³-hybridized carbons (Fsp3) is 0.375. The van der Waals surface area contributed by atoms with Crippen molar-refractivity contribution in [1.29, 1.82) is 0 Å². The Kier molecular flexibility index (Phi) is 7.48. The fourth-order valence-corrected chi connectivity index (χ4v) is 3.67. The average Bonchev–Trinajstić information content (AvgIpc) is 3.04. The fourth-order valence-electron chi connectivity index (χ4n) is 3.67. The van der Waals surface area contributed by atoms with Gasteiger partial charge in [-0.1, -0.05) is 6.07 Å². The Morgan fingerprint density at radius 2 is 1.72 bits per heavy atom. The molecule has 32 heavy (non-hydrogen) atoms. The lowest BCUT2D eigenvalue weighted by Gasteiger charge is -2.27. The van der Waals surface area contributed by atoms with Gasteiger partial charge in [0.15, 0.2) is 11.5 Å². The van der Waals surface area contributed by atoms with E-state index in [-0.39, 0.29) is 11.3 Å². The molecule has 1 aromatic carbocycles. The normalized spacial score (nSPS) is 17.8. The monoisotopic (exact) mass is 439 g/mol. The second kappa shape index (κ2) is 10.3. The minimum absolute atomic E-state index is 0.0477. The van der Waals surface area contributed by atoms with E-state index in [2.05, 4.69) is 4.98 Å². The highest BCUT2D eigenvalue weighted by atomic mass is 16.5. The largest absolute Gasteiger partial charge is 0.507 e. The summed E-state index contributed by atoms with van der Waals surface area (Å²) in [7, 11) is 3.79. The number of nitrogens with zero attached hydrogens (tertiary/aromatic N) is 3. The number of aliphatic hydroxyl groups is 1. The number of aliphatic hydroxyl groups excluding tert-OH is 1. The molecule has 3 rings (SSSR count). The SMILES string of the molecule is CCOc1ccc(C2C(=C(O)c3ccncc3)C(=O)C(=O)N2CCN(C)C)cc1OCC. The van der Waals surface area contributed by atoms with Crippen LogP contribution in [0.1, 0.15) is 31.0 Å². The first-order valence-electron chi connectivity index (χ1n) is 10.6. The average molecular weight is 440 g/mol. The van der Waals surface area contributed by atoms with Gasteiger partial charge in [-0.05, 0) is 57.8 Å². The summed E-state index contributed by atoms with van der Waals surface area (Å²) in [6.07, 6.45) is 3.05. The van der Waals surface area contributed by atoms with E-state index in [1.807, 2.05) is 32.8 Å². The quantitative estimate of drug-likeness (QED) is 0.365. The lowest BCUT2D eigenvalue weighted by Crippen LogP contribution is -2.35. The topological polar surface area (TPSA) is 92.2 Å². The van der Waals surface area contributed by atoms with E-state index in [0.717, 1.165) is 0 Å². The van der Waals surface area contributed by atoms with Gasteiger partial charge < -0.3 is 24.4 Å². The van der Waals surface area contributed by atoms with Crippen molar-refractivity contribution in [3.63, 3.8) is 0 Å².